The van der Waals surface area contributed by atoms with Crippen molar-refractivity contribution >= 4 is 5.69 Å². The van der Waals surface area contributed by atoms with Crippen molar-refractivity contribution in [3.8, 4) is 11.5 Å². The van der Waals surface area contributed by atoms with Crippen molar-refractivity contribution in [1.29, 1.82) is 0 Å². The fourth-order valence-corrected chi connectivity index (χ4v) is 2.13. The Bertz CT molecular complexity index is 751. The summed E-state index contributed by atoms with van der Waals surface area (Å²) in [5.74, 6) is 1.12. The zero-order valence-corrected chi connectivity index (χ0v) is 11.8. The lowest BCUT2D eigenvalue weighted by atomic mass is 10.1. The third kappa shape index (κ3) is 3.08. The highest BCUT2D eigenvalue weighted by Crippen LogP contribution is 2.16. The topological polar surface area (TPSA) is 77.8 Å². The maximum absolute atomic E-state index is 5.92. The van der Waals surface area contributed by atoms with Gasteiger partial charge >= 0.3 is 0 Å². The first-order valence-corrected chi connectivity index (χ1v) is 6.82. The molecule has 0 unspecified atom stereocenters. The highest BCUT2D eigenvalue weighted by molar-refractivity contribution is 5.48. The van der Waals surface area contributed by atoms with Crippen molar-refractivity contribution in [2.24, 2.45) is 0 Å². The fraction of sp³-hybridized carbons (Fsp3) is 0.188. The number of nitrogens with two attached hydrogens (primary N) is 1. The first kappa shape index (κ1) is 13.3. The Hall–Kier alpha value is -2.69. The van der Waals surface area contributed by atoms with Gasteiger partial charge in [0.15, 0.2) is 0 Å². The van der Waals surface area contributed by atoms with Gasteiger partial charge in [0, 0.05) is 17.8 Å². The summed E-state index contributed by atoms with van der Waals surface area (Å²) < 4.78 is 5.28. The van der Waals surface area contributed by atoms with E-state index >= 15 is 0 Å². The fourth-order valence-electron chi connectivity index (χ4n) is 2.13. The largest absolute Gasteiger partial charge is 0.399 e. The van der Waals surface area contributed by atoms with Gasteiger partial charge in [-0.25, -0.2) is 4.98 Å². The number of hydrogen-bond donors (Lipinski definition) is 1. The van der Waals surface area contributed by atoms with Gasteiger partial charge in [-0.1, -0.05) is 29.4 Å². The Morgan fingerprint density at radius 2 is 1.86 bits per heavy atom. The second kappa shape index (κ2) is 5.75. The third-order valence-electron chi connectivity index (χ3n) is 3.25. The molecule has 2 N–H and O–H groups in total. The Morgan fingerprint density at radius 3 is 2.67 bits per heavy atom. The van der Waals surface area contributed by atoms with Crippen LogP contribution in [0.5, 0.6) is 0 Å². The van der Waals surface area contributed by atoms with Crippen LogP contribution in [-0.2, 0) is 12.8 Å². The highest BCUT2D eigenvalue weighted by atomic mass is 16.5. The molecular formula is C16H16N4O. The van der Waals surface area contributed by atoms with Crippen LogP contribution in [0, 0.1) is 6.92 Å². The normalized spacial score (nSPS) is 10.7. The van der Waals surface area contributed by atoms with E-state index in [0.717, 1.165) is 29.1 Å². The Morgan fingerprint density at radius 1 is 1.00 bits per heavy atom. The number of pyridine rings is 1. The summed E-state index contributed by atoms with van der Waals surface area (Å²) in [6.45, 7) is 1.93. The highest BCUT2D eigenvalue weighted by Gasteiger charge is 2.10. The van der Waals surface area contributed by atoms with Crippen molar-refractivity contribution in [2.75, 3.05) is 5.73 Å². The van der Waals surface area contributed by atoms with E-state index < -0.39 is 0 Å². The number of aryl methyl sites for hydroxylation is 3. The third-order valence-corrected chi connectivity index (χ3v) is 3.25. The molecule has 0 aliphatic heterocycles. The molecule has 0 aliphatic rings. The number of rotatable bonds is 4. The molecule has 0 radical (unpaired) electrons. The van der Waals surface area contributed by atoms with E-state index in [1.54, 1.807) is 0 Å². The smallest absolute Gasteiger partial charge is 0.227 e. The molecule has 106 valence electrons. The molecule has 5 heteroatoms. The standard InChI is InChI=1S/C16H16N4O/c1-11-5-4-8-14(18-11)16-19-15(21-20-16)10-9-12-6-2-3-7-13(12)17/h2-8H,9-10,17H2,1H3. The average molecular weight is 280 g/mol. The predicted molar refractivity (Wildman–Crippen MR) is 80.5 cm³/mol. The minimum absolute atomic E-state index is 0.523. The molecule has 0 atom stereocenters. The molecule has 0 saturated heterocycles. The lowest BCUT2D eigenvalue weighted by Crippen LogP contribution is -1.97. The van der Waals surface area contributed by atoms with E-state index in [0.29, 0.717) is 18.1 Å². The quantitative estimate of drug-likeness (QED) is 0.743. The van der Waals surface area contributed by atoms with Gasteiger partial charge in [-0.2, -0.15) is 4.98 Å². The van der Waals surface area contributed by atoms with Crippen LogP contribution in [0.3, 0.4) is 0 Å². The molecule has 0 aliphatic carbocycles. The lowest BCUT2D eigenvalue weighted by Gasteiger charge is -2.02. The molecule has 5 nitrogen and oxygen atoms in total. The van der Waals surface area contributed by atoms with E-state index in [4.69, 9.17) is 10.3 Å². The minimum atomic E-state index is 0.523. The number of para-hydroxylation sites is 1. The van der Waals surface area contributed by atoms with Crippen molar-refractivity contribution in [3.63, 3.8) is 0 Å². The van der Waals surface area contributed by atoms with Gasteiger partial charge in [-0.05, 0) is 37.1 Å². The summed E-state index contributed by atoms with van der Waals surface area (Å²) in [5.41, 5.74) is 9.45. The van der Waals surface area contributed by atoms with Crippen molar-refractivity contribution in [1.82, 2.24) is 15.1 Å². The Labute approximate surface area is 122 Å². The lowest BCUT2D eigenvalue weighted by molar-refractivity contribution is 0.379. The van der Waals surface area contributed by atoms with Crippen LogP contribution in [0.15, 0.2) is 47.0 Å². The molecule has 3 rings (SSSR count). The second-order valence-corrected chi connectivity index (χ2v) is 4.87. The molecule has 3 aromatic rings. The number of benzene rings is 1. The van der Waals surface area contributed by atoms with Crippen LogP contribution in [-0.4, -0.2) is 15.1 Å². The first-order valence-electron chi connectivity index (χ1n) is 6.82. The Balaban J connectivity index is 1.72. The summed E-state index contributed by atoms with van der Waals surface area (Å²) in [5, 5.41) is 3.98. The second-order valence-electron chi connectivity index (χ2n) is 4.87. The molecule has 1 aromatic carbocycles. The zero-order chi connectivity index (χ0) is 14.7. The first-order chi connectivity index (χ1) is 10.2. The van der Waals surface area contributed by atoms with Crippen LogP contribution < -0.4 is 5.73 Å². The average Bonchev–Trinajstić information content (AvgIpc) is 2.95. The number of nitrogens with zero attached hydrogens (tertiary/aromatic N) is 3. The molecule has 0 amide bonds. The molecule has 21 heavy (non-hydrogen) atoms. The summed E-state index contributed by atoms with van der Waals surface area (Å²) in [7, 11) is 0. The van der Waals surface area contributed by atoms with Gasteiger partial charge in [-0.15, -0.1) is 0 Å². The predicted octanol–water partition coefficient (Wildman–Crippen LogP) is 2.81. The van der Waals surface area contributed by atoms with Crippen molar-refractivity contribution < 1.29 is 4.52 Å². The van der Waals surface area contributed by atoms with Gasteiger partial charge in [0.25, 0.3) is 0 Å². The summed E-state index contributed by atoms with van der Waals surface area (Å²) >= 11 is 0. The van der Waals surface area contributed by atoms with Gasteiger partial charge < -0.3 is 10.3 Å². The van der Waals surface area contributed by atoms with Crippen LogP contribution in [0.2, 0.25) is 0 Å². The van der Waals surface area contributed by atoms with E-state index in [-0.39, 0.29) is 0 Å². The maximum atomic E-state index is 5.92. The molecule has 2 heterocycles. The number of hydrogen-bond acceptors (Lipinski definition) is 5. The number of anilines is 1. The molecule has 2 aromatic heterocycles. The molecule has 0 spiro atoms. The summed E-state index contributed by atoms with van der Waals surface area (Å²) in [6.07, 6.45) is 1.43. The van der Waals surface area contributed by atoms with Crippen LogP contribution in [0.25, 0.3) is 11.5 Å². The van der Waals surface area contributed by atoms with E-state index in [9.17, 15) is 0 Å². The van der Waals surface area contributed by atoms with Gasteiger partial charge in [0.2, 0.25) is 11.7 Å². The molecular weight excluding hydrogens is 264 g/mol. The van der Waals surface area contributed by atoms with Crippen LogP contribution >= 0.6 is 0 Å². The van der Waals surface area contributed by atoms with E-state index in [2.05, 4.69) is 15.1 Å². The van der Waals surface area contributed by atoms with Gasteiger partial charge in [0.1, 0.15) is 5.69 Å². The van der Waals surface area contributed by atoms with E-state index in [1.807, 2.05) is 49.4 Å². The number of nitrogen functional groups attached to an aromatic ring is 1. The van der Waals surface area contributed by atoms with Crippen molar-refractivity contribution in [2.45, 2.75) is 19.8 Å². The van der Waals surface area contributed by atoms with Crippen molar-refractivity contribution in [3.05, 3.63) is 59.6 Å². The maximum Gasteiger partial charge on any atom is 0.227 e. The SMILES string of the molecule is Cc1cccc(-c2noc(CCc3ccccc3N)n2)n1. The summed E-state index contributed by atoms with van der Waals surface area (Å²) in [6, 6.07) is 13.5. The minimum Gasteiger partial charge on any atom is -0.399 e. The van der Waals surface area contributed by atoms with Gasteiger partial charge in [0.05, 0.1) is 0 Å². The molecule has 0 bridgehead atoms. The van der Waals surface area contributed by atoms with Crippen LogP contribution in [0.1, 0.15) is 17.1 Å². The van der Waals surface area contributed by atoms with E-state index in [1.165, 1.54) is 0 Å². The monoisotopic (exact) mass is 280 g/mol. The van der Waals surface area contributed by atoms with Gasteiger partial charge in [-0.3, -0.25) is 0 Å². The Kier molecular flexibility index (Phi) is 3.64. The molecule has 0 saturated carbocycles. The zero-order valence-electron chi connectivity index (χ0n) is 11.8. The van der Waals surface area contributed by atoms with Crippen LogP contribution in [0.4, 0.5) is 5.69 Å². The number of aromatic nitrogens is 3. The summed E-state index contributed by atoms with van der Waals surface area (Å²) in [4.78, 5) is 8.77. The molecule has 0 fully saturated rings.